The van der Waals surface area contributed by atoms with Gasteiger partial charge in [0.25, 0.3) is 0 Å². The number of aromatic nitrogens is 5. The smallest absolute Gasteiger partial charge is 0.190 e. The van der Waals surface area contributed by atoms with Crippen LogP contribution >= 0.6 is 22.6 Å². The minimum atomic E-state index is 0.701. The zero-order valence-electron chi connectivity index (χ0n) is 12.3. The number of nitrogens with zero attached hydrogens (tertiary/aromatic N) is 5. The molecule has 0 aliphatic carbocycles. The predicted octanol–water partition coefficient (Wildman–Crippen LogP) is 3.05. The molecule has 0 aliphatic rings. The Balaban J connectivity index is 2.13. The summed E-state index contributed by atoms with van der Waals surface area (Å²) in [5, 5.41) is 0. The summed E-state index contributed by atoms with van der Waals surface area (Å²) in [7, 11) is 0. The summed E-state index contributed by atoms with van der Waals surface area (Å²) in [6, 6.07) is 2.08. The Morgan fingerprint density at radius 2 is 1.86 bits per heavy atom. The molecule has 0 atom stereocenters. The van der Waals surface area contributed by atoms with E-state index in [1.807, 2.05) is 19.3 Å². The Morgan fingerprint density at radius 3 is 2.52 bits per heavy atom. The molecule has 3 rings (SSSR count). The van der Waals surface area contributed by atoms with Gasteiger partial charge in [0.2, 0.25) is 0 Å². The second kappa shape index (κ2) is 5.67. The predicted molar refractivity (Wildman–Crippen MR) is 90.2 cm³/mol. The molecular weight excluding hydrogens is 377 g/mol. The van der Waals surface area contributed by atoms with Gasteiger partial charge in [-0.2, -0.15) is 0 Å². The first-order valence-corrected chi connectivity index (χ1v) is 7.96. The van der Waals surface area contributed by atoms with E-state index in [4.69, 9.17) is 4.98 Å². The summed E-state index contributed by atoms with van der Waals surface area (Å²) in [6.45, 7) is 6.92. The van der Waals surface area contributed by atoms with Crippen LogP contribution in [-0.4, -0.2) is 24.5 Å². The lowest BCUT2D eigenvalue weighted by atomic mass is 10.2. The number of fused-ring (bicyclic) bond motifs is 1. The maximum Gasteiger partial charge on any atom is 0.190 e. The summed E-state index contributed by atoms with van der Waals surface area (Å²) >= 11 is 2.11. The van der Waals surface area contributed by atoms with Crippen molar-refractivity contribution in [2.45, 2.75) is 33.7 Å². The maximum absolute atomic E-state index is 4.74. The SMILES string of the molecule is CCc1nc2c(C)cc(C)nc2n1Cc1cnc(I)nc1. The van der Waals surface area contributed by atoms with Crippen LogP contribution in [0.15, 0.2) is 18.5 Å². The molecule has 21 heavy (non-hydrogen) atoms. The van der Waals surface area contributed by atoms with Gasteiger partial charge in [0.05, 0.1) is 6.54 Å². The Kier molecular flexibility index (Phi) is 3.88. The fourth-order valence-corrected chi connectivity index (χ4v) is 2.77. The maximum atomic E-state index is 4.74. The highest BCUT2D eigenvalue weighted by atomic mass is 127. The van der Waals surface area contributed by atoms with Crippen molar-refractivity contribution in [3.8, 4) is 0 Å². The average Bonchev–Trinajstić information content (AvgIpc) is 2.80. The Morgan fingerprint density at radius 1 is 1.14 bits per heavy atom. The van der Waals surface area contributed by atoms with Gasteiger partial charge < -0.3 is 4.57 Å². The molecule has 3 aromatic rings. The normalized spacial score (nSPS) is 11.2. The van der Waals surface area contributed by atoms with Crippen molar-refractivity contribution in [1.82, 2.24) is 24.5 Å². The average molecular weight is 393 g/mol. The Bertz CT molecular complexity index is 792. The van der Waals surface area contributed by atoms with Crippen LogP contribution in [0.3, 0.4) is 0 Å². The van der Waals surface area contributed by atoms with E-state index in [0.29, 0.717) is 6.54 Å². The van der Waals surface area contributed by atoms with E-state index in [-0.39, 0.29) is 0 Å². The molecule has 0 amide bonds. The molecule has 0 aliphatic heterocycles. The summed E-state index contributed by atoms with van der Waals surface area (Å²) in [5.74, 6) is 1.05. The second-order valence-corrected chi connectivity index (χ2v) is 6.05. The van der Waals surface area contributed by atoms with Gasteiger partial charge in [-0.05, 0) is 25.5 Å². The van der Waals surface area contributed by atoms with Gasteiger partial charge in [0.1, 0.15) is 11.3 Å². The zero-order chi connectivity index (χ0) is 15.0. The van der Waals surface area contributed by atoms with Crippen LogP contribution < -0.4 is 0 Å². The van der Waals surface area contributed by atoms with Gasteiger partial charge in [-0.25, -0.2) is 19.9 Å². The molecule has 6 heteroatoms. The van der Waals surface area contributed by atoms with E-state index in [9.17, 15) is 0 Å². The van der Waals surface area contributed by atoms with Gasteiger partial charge in [0.15, 0.2) is 9.48 Å². The van der Waals surface area contributed by atoms with Gasteiger partial charge in [-0.1, -0.05) is 6.92 Å². The van der Waals surface area contributed by atoms with Crippen molar-refractivity contribution in [1.29, 1.82) is 0 Å². The third-order valence-corrected chi connectivity index (χ3v) is 3.99. The fraction of sp³-hybridized carbons (Fsp3) is 0.333. The van der Waals surface area contributed by atoms with Gasteiger partial charge in [0, 0.05) is 52.7 Å². The number of halogens is 1. The molecule has 5 nitrogen and oxygen atoms in total. The van der Waals surface area contributed by atoms with Crippen molar-refractivity contribution in [2.75, 3.05) is 0 Å². The van der Waals surface area contributed by atoms with E-state index in [2.05, 4.69) is 62.0 Å². The fourth-order valence-electron chi connectivity index (χ4n) is 2.49. The number of imidazole rings is 1. The molecule has 0 saturated heterocycles. The standard InChI is InChI=1S/C15H16IN5/c1-4-12-20-13-9(2)5-10(3)19-14(13)21(12)8-11-6-17-15(16)18-7-11/h5-7H,4,8H2,1-3H3. The highest BCUT2D eigenvalue weighted by Crippen LogP contribution is 2.20. The molecule has 0 spiro atoms. The monoisotopic (exact) mass is 393 g/mol. The van der Waals surface area contributed by atoms with Gasteiger partial charge in [-0.3, -0.25) is 0 Å². The molecule has 0 saturated carbocycles. The third-order valence-electron chi connectivity index (χ3n) is 3.43. The summed E-state index contributed by atoms with van der Waals surface area (Å²) in [5.41, 5.74) is 5.18. The van der Waals surface area contributed by atoms with Crippen LogP contribution in [0.2, 0.25) is 0 Å². The van der Waals surface area contributed by atoms with Crippen LogP contribution in [-0.2, 0) is 13.0 Å². The van der Waals surface area contributed by atoms with Gasteiger partial charge in [-0.15, -0.1) is 0 Å². The third kappa shape index (κ3) is 2.76. The Labute approximate surface area is 137 Å². The molecule has 0 bridgehead atoms. The first kappa shape index (κ1) is 14.4. The van der Waals surface area contributed by atoms with E-state index in [1.54, 1.807) is 0 Å². The minimum absolute atomic E-state index is 0.701. The molecule has 3 heterocycles. The second-order valence-electron chi connectivity index (χ2n) is 5.08. The lowest BCUT2D eigenvalue weighted by molar-refractivity contribution is 0.738. The van der Waals surface area contributed by atoms with E-state index in [0.717, 1.165) is 38.5 Å². The van der Waals surface area contributed by atoms with Crippen molar-refractivity contribution < 1.29 is 0 Å². The van der Waals surface area contributed by atoms with Crippen molar-refractivity contribution in [2.24, 2.45) is 0 Å². The molecule has 0 N–H and O–H groups in total. The molecule has 0 aromatic carbocycles. The molecule has 0 unspecified atom stereocenters. The quantitative estimate of drug-likeness (QED) is 0.507. The number of rotatable bonds is 3. The van der Waals surface area contributed by atoms with Gasteiger partial charge >= 0.3 is 0 Å². The summed E-state index contributed by atoms with van der Waals surface area (Å²) in [6.07, 6.45) is 4.60. The van der Waals surface area contributed by atoms with Crippen molar-refractivity contribution >= 4 is 33.8 Å². The van der Waals surface area contributed by atoms with Crippen LogP contribution in [0.25, 0.3) is 11.2 Å². The molecular formula is C15H16IN5. The summed E-state index contributed by atoms with van der Waals surface area (Å²) in [4.78, 5) is 17.9. The minimum Gasteiger partial charge on any atom is -0.308 e. The highest BCUT2D eigenvalue weighted by Gasteiger charge is 2.13. The van der Waals surface area contributed by atoms with Crippen molar-refractivity contribution in [3.63, 3.8) is 0 Å². The number of aryl methyl sites for hydroxylation is 3. The van der Waals surface area contributed by atoms with E-state index < -0.39 is 0 Å². The van der Waals surface area contributed by atoms with Crippen LogP contribution in [0.1, 0.15) is 29.6 Å². The van der Waals surface area contributed by atoms with Crippen molar-refractivity contribution in [3.05, 3.63) is 44.9 Å². The molecule has 0 fully saturated rings. The van der Waals surface area contributed by atoms with Crippen LogP contribution in [0.5, 0.6) is 0 Å². The highest BCUT2D eigenvalue weighted by molar-refractivity contribution is 14.1. The summed E-state index contributed by atoms with van der Waals surface area (Å²) < 4.78 is 2.92. The van der Waals surface area contributed by atoms with Crippen LogP contribution in [0.4, 0.5) is 0 Å². The van der Waals surface area contributed by atoms with Crippen LogP contribution in [0, 0.1) is 17.7 Å². The number of pyridine rings is 1. The molecule has 3 aromatic heterocycles. The lowest BCUT2D eigenvalue weighted by Crippen LogP contribution is -2.06. The number of hydrogen-bond acceptors (Lipinski definition) is 4. The lowest BCUT2D eigenvalue weighted by Gasteiger charge is -2.08. The molecule has 108 valence electrons. The van der Waals surface area contributed by atoms with E-state index >= 15 is 0 Å². The Hall–Kier alpha value is -1.57. The topological polar surface area (TPSA) is 56.5 Å². The first-order chi connectivity index (χ1) is 10.1. The van der Waals surface area contributed by atoms with E-state index in [1.165, 1.54) is 5.56 Å². The largest absolute Gasteiger partial charge is 0.308 e. The first-order valence-electron chi connectivity index (χ1n) is 6.88. The number of hydrogen-bond donors (Lipinski definition) is 0. The zero-order valence-corrected chi connectivity index (χ0v) is 14.4. The molecule has 0 radical (unpaired) electrons.